The molecule has 11 heavy (non-hydrogen) atoms. The Bertz CT molecular complexity index is 154. The molecule has 0 bridgehead atoms. The van der Waals surface area contributed by atoms with E-state index < -0.39 is 0 Å². The van der Waals surface area contributed by atoms with Gasteiger partial charge in [0.25, 0.3) is 0 Å². The molecule has 0 aromatic carbocycles. The van der Waals surface area contributed by atoms with Crippen LogP contribution in [0.3, 0.4) is 0 Å². The lowest BCUT2D eigenvalue weighted by molar-refractivity contribution is -0.125. The van der Waals surface area contributed by atoms with E-state index in [1.54, 1.807) is 0 Å². The zero-order valence-electron chi connectivity index (χ0n) is 7.34. The summed E-state index contributed by atoms with van der Waals surface area (Å²) in [5.41, 5.74) is 5.80. The first-order chi connectivity index (χ1) is 5.13. The minimum atomic E-state index is 0.143. The molecule has 0 aromatic heterocycles. The highest BCUT2D eigenvalue weighted by atomic mass is 16.1. The minimum Gasteiger partial charge on any atom is -0.327 e. The van der Waals surface area contributed by atoms with E-state index in [2.05, 4.69) is 0 Å². The van der Waals surface area contributed by atoms with Gasteiger partial charge >= 0.3 is 0 Å². The first-order valence-corrected chi connectivity index (χ1v) is 4.42. The third kappa shape index (κ3) is 1.80. The molecule has 1 rings (SSSR count). The average molecular weight is 155 g/mol. The number of Topliss-reactive ketones (excluding diaryl/α,β-unsaturated/α-hetero) is 1. The Morgan fingerprint density at radius 1 is 1.45 bits per heavy atom. The molecule has 2 heteroatoms. The molecule has 1 aliphatic rings. The first-order valence-electron chi connectivity index (χ1n) is 4.42. The summed E-state index contributed by atoms with van der Waals surface area (Å²) >= 11 is 0. The van der Waals surface area contributed by atoms with Gasteiger partial charge in [-0.1, -0.05) is 20.3 Å². The Balaban J connectivity index is 2.53. The van der Waals surface area contributed by atoms with Gasteiger partial charge < -0.3 is 5.73 Å². The third-order valence-corrected chi connectivity index (χ3v) is 2.50. The molecular weight excluding hydrogens is 138 g/mol. The molecule has 1 fully saturated rings. The van der Waals surface area contributed by atoms with E-state index in [-0.39, 0.29) is 17.9 Å². The zero-order chi connectivity index (χ0) is 8.43. The van der Waals surface area contributed by atoms with Crippen LogP contribution in [0, 0.1) is 11.8 Å². The van der Waals surface area contributed by atoms with Gasteiger partial charge in [0.05, 0.1) is 0 Å². The Morgan fingerprint density at radius 2 is 2.09 bits per heavy atom. The molecule has 0 unspecified atom stereocenters. The third-order valence-electron chi connectivity index (χ3n) is 2.50. The van der Waals surface area contributed by atoms with E-state index in [4.69, 9.17) is 5.73 Å². The van der Waals surface area contributed by atoms with Crippen molar-refractivity contribution in [2.24, 2.45) is 17.6 Å². The lowest BCUT2D eigenvalue weighted by Crippen LogP contribution is -2.32. The number of hydrogen-bond acceptors (Lipinski definition) is 2. The molecule has 0 aliphatic heterocycles. The summed E-state index contributed by atoms with van der Waals surface area (Å²) in [6.45, 7) is 3.90. The topological polar surface area (TPSA) is 43.1 Å². The quantitative estimate of drug-likeness (QED) is 0.654. The highest BCUT2D eigenvalue weighted by Crippen LogP contribution is 2.26. The fraction of sp³-hybridized carbons (Fsp3) is 0.889. The summed E-state index contributed by atoms with van der Waals surface area (Å²) in [4.78, 5) is 11.5. The predicted molar refractivity (Wildman–Crippen MR) is 45.2 cm³/mol. The molecule has 0 amide bonds. The molecule has 0 spiro atoms. The highest BCUT2D eigenvalue weighted by molar-refractivity contribution is 5.83. The second-order valence-corrected chi connectivity index (χ2v) is 3.76. The molecular formula is C9H17NO. The summed E-state index contributed by atoms with van der Waals surface area (Å²) in [5, 5.41) is 0. The maximum Gasteiger partial charge on any atom is 0.140 e. The Morgan fingerprint density at radius 3 is 2.45 bits per heavy atom. The average Bonchev–Trinajstić information content (AvgIpc) is 2.33. The van der Waals surface area contributed by atoms with Crippen LogP contribution >= 0.6 is 0 Å². The van der Waals surface area contributed by atoms with Crippen molar-refractivity contribution < 1.29 is 4.79 Å². The van der Waals surface area contributed by atoms with Gasteiger partial charge in [-0.15, -0.1) is 0 Å². The van der Waals surface area contributed by atoms with E-state index in [0.717, 1.165) is 19.3 Å². The fourth-order valence-electron chi connectivity index (χ4n) is 1.77. The Hall–Kier alpha value is -0.370. The Labute approximate surface area is 68.2 Å². The van der Waals surface area contributed by atoms with E-state index >= 15 is 0 Å². The van der Waals surface area contributed by atoms with Crippen molar-refractivity contribution in [1.82, 2.24) is 0 Å². The molecule has 2 nitrogen and oxygen atoms in total. The molecule has 0 saturated heterocycles. The van der Waals surface area contributed by atoms with Crippen LogP contribution in [0.15, 0.2) is 0 Å². The van der Waals surface area contributed by atoms with Crippen LogP contribution in [0.25, 0.3) is 0 Å². The minimum absolute atomic E-state index is 0.143. The van der Waals surface area contributed by atoms with Crippen LogP contribution in [0.5, 0.6) is 0 Å². The van der Waals surface area contributed by atoms with Gasteiger partial charge in [0.1, 0.15) is 5.78 Å². The number of nitrogens with two attached hydrogens (primary N) is 1. The fourth-order valence-corrected chi connectivity index (χ4v) is 1.77. The highest BCUT2D eigenvalue weighted by Gasteiger charge is 2.30. The molecule has 64 valence electrons. The summed E-state index contributed by atoms with van der Waals surface area (Å²) in [7, 11) is 0. The van der Waals surface area contributed by atoms with Gasteiger partial charge in [0.15, 0.2) is 0 Å². The molecule has 2 atom stereocenters. The number of hydrogen-bond donors (Lipinski definition) is 1. The van der Waals surface area contributed by atoms with E-state index in [1.165, 1.54) is 0 Å². The standard InChI is InChI=1S/C9H17NO/c1-6(2)9(11)7-4-3-5-8(7)10/h6-8H,3-5,10H2,1-2H3/t7-,8-/m0/s1. The van der Waals surface area contributed by atoms with Gasteiger partial charge in [-0.2, -0.15) is 0 Å². The predicted octanol–water partition coefficient (Wildman–Crippen LogP) is 1.34. The maximum atomic E-state index is 11.5. The first kappa shape index (κ1) is 8.72. The van der Waals surface area contributed by atoms with Crippen molar-refractivity contribution >= 4 is 5.78 Å². The van der Waals surface area contributed by atoms with Crippen LogP contribution in [0.4, 0.5) is 0 Å². The molecule has 0 radical (unpaired) electrons. The van der Waals surface area contributed by atoms with Crippen molar-refractivity contribution in [3.63, 3.8) is 0 Å². The van der Waals surface area contributed by atoms with E-state index in [0.29, 0.717) is 5.78 Å². The molecule has 0 aromatic rings. The summed E-state index contributed by atoms with van der Waals surface area (Å²) in [6, 6.07) is 0.143. The van der Waals surface area contributed by atoms with Crippen molar-refractivity contribution in [1.29, 1.82) is 0 Å². The number of ketones is 1. The van der Waals surface area contributed by atoms with E-state index in [1.807, 2.05) is 13.8 Å². The monoisotopic (exact) mass is 155 g/mol. The zero-order valence-corrected chi connectivity index (χ0v) is 7.34. The molecule has 0 heterocycles. The van der Waals surface area contributed by atoms with Crippen molar-refractivity contribution in [2.45, 2.75) is 39.2 Å². The van der Waals surface area contributed by atoms with Crippen molar-refractivity contribution in [2.75, 3.05) is 0 Å². The lowest BCUT2D eigenvalue weighted by Gasteiger charge is -2.15. The van der Waals surface area contributed by atoms with Gasteiger partial charge in [-0.05, 0) is 12.8 Å². The van der Waals surface area contributed by atoms with Crippen LogP contribution < -0.4 is 5.73 Å². The largest absolute Gasteiger partial charge is 0.327 e. The summed E-state index contributed by atoms with van der Waals surface area (Å²) in [6.07, 6.45) is 3.17. The molecule has 2 N–H and O–H groups in total. The van der Waals surface area contributed by atoms with Gasteiger partial charge in [0.2, 0.25) is 0 Å². The van der Waals surface area contributed by atoms with Crippen molar-refractivity contribution in [3.8, 4) is 0 Å². The molecule has 1 saturated carbocycles. The SMILES string of the molecule is CC(C)C(=O)[C@H]1CCC[C@@H]1N. The lowest BCUT2D eigenvalue weighted by atomic mass is 9.91. The van der Waals surface area contributed by atoms with Crippen molar-refractivity contribution in [3.05, 3.63) is 0 Å². The number of rotatable bonds is 2. The number of carbonyl (C=O) groups is 1. The summed E-state index contributed by atoms with van der Waals surface area (Å²) < 4.78 is 0. The van der Waals surface area contributed by atoms with Crippen LogP contribution in [0.1, 0.15) is 33.1 Å². The second kappa shape index (κ2) is 3.35. The van der Waals surface area contributed by atoms with Gasteiger partial charge in [-0.3, -0.25) is 4.79 Å². The van der Waals surface area contributed by atoms with Gasteiger partial charge in [0, 0.05) is 17.9 Å². The van der Waals surface area contributed by atoms with Gasteiger partial charge in [-0.25, -0.2) is 0 Å². The summed E-state index contributed by atoms with van der Waals surface area (Å²) in [5.74, 6) is 0.675. The van der Waals surface area contributed by atoms with E-state index in [9.17, 15) is 4.79 Å². The Kier molecular flexibility index (Phi) is 2.66. The van der Waals surface area contributed by atoms with Crippen LogP contribution in [-0.4, -0.2) is 11.8 Å². The number of carbonyl (C=O) groups excluding carboxylic acids is 1. The normalized spacial score (nSPS) is 31.3. The second-order valence-electron chi connectivity index (χ2n) is 3.76. The van der Waals surface area contributed by atoms with Crippen LogP contribution in [0.2, 0.25) is 0 Å². The smallest absolute Gasteiger partial charge is 0.140 e. The van der Waals surface area contributed by atoms with Crippen LogP contribution in [-0.2, 0) is 4.79 Å². The molecule has 1 aliphatic carbocycles. The maximum absolute atomic E-state index is 11.5.